The minimum Gasteiger partial charge on any atom is -0.378 e. The minimum absolute atomic E-state index is 0.527. The highest BCUT2D eigenvalue weighted by Gasteiger charge is 2.38. The van der Waals surface area contributed by atoms with Gasteiger partial charge >= 0.3 is 0 Å². The standard InChI is InChI=1S/C16H30N2O/c1-3-14-11-17-8-5-6-15(17)12-18(14)10-13-7-9-19-16(13)4-2/h13-16H,3-12H2,1-2H3. The highest BCUT2D eigenvalue weighted by molar-refractivity contribution is 4.93. The summed E-state index contributed by atoms with van der Waals surface area (Å²) in [7, 11) is 0. The normalized spacial score (nSPS) is 40.7. The number of hydrogen-bond acceptors (Lipinski definition) is 3. The fourth-order valence-corrected chi connectivity index (χ4v) is 4.41. The maximum absolute atomic E-state index is 5.87. The van der Waals surface area contributed by atoms with Crippen LogP contribution in [0.2, 0.25) is 0 Å². The molecule has 0 spiro atoms. The molecular weight excluding hydrogens is 236 g/mol. The van der Waals surface area contributed by atoms with Gasteiger partial charge in [-0.15, -0.1) is 0 Å². The van der Waals surface area contributed by atoms with Crippen molar-refractivity contribution in [3.63, 3.8) is 0 Å². The third kappa shape index (κ3) is 2.84. The van der Waals surface area contributed by atoms with E-state index in [1.54, 1.807) is 0 Å². The van der Waals surface area contributed by atoms with Gasteiger partial charge in [0.15, 0.2) is 0 Å². The predicted octanol–water partition coefficient (Wildman–Crippen LogP) is 2.36. The summed E-state index contributed by atoms with van der Waals surface area (Å²) in [6.45, 7) is 10.9. The monoisotopic (exact) mass is 266 g/mol. The first-order valence-electron chi connectivity index (χ1n) is 8.41. The Balaban J connectivity index is 1.61. The molecule has 3 heterocycles. The Morgan fingerprint density at radius 1 is 1.11 bits per heavy atom. The Hall–Kier alpha value is -0.120. The van der Waals surface area contributed by atoms with E-state index in [9.17, 15) is 0 Å². The molecule has 0 N–H and O–H groups in total. The lowest BCUT2D eigenvalue weighted by Gasteiger charge is -2.44. The molecule has 19 heavy (non-hydrogen) atoms. The Bertz CT molecular complexity index is 296. The van der Waals surface area contributed by atoms with Crippen LogP contribution in [0.1, 0.15) is 46.0 Å². The summed E-state index contributed by atoms with van der Waals surface area (Å²) in [5.41, 5.74) is 0. The molecule has 0 amide bonds. The Labute approximate surface area is 118 Å². The quantitative estimate of drug-likeness (QED) is 0.777. The van der Waals surface area contributed by atoms with Gasteiger partial charge in [-0.05, 0) is 44.6 Å². The molecule has 0 aromatic heterocycles. The van der Waals surface area contributed by atoms with Crippen molar-refractivity contribution in [1.82, 2.24) is 9.80 Å². The summed E-state index contributed by atoms with van der Waals surface area (Å²) < 4.78 is 5.87. The lowest BCUT2D eigenvalue weighted by atomic mass is 9.96. The first-order chi connectivity index (χ1) is 9.31. The van der Waals surface area contributed by atoms with Crippen molar-refractivity contribution in [2.24, 2.45) is 5.92 Å². The van der Waals surface area contributed by atoms with Gasteiger partial charge in [0, 0.05) is 38.3 Å². The van der Waals surface area contributed by atoms with E-state index in [0.29, 0.717) is 6.10 Å². The third-order valence-corrected chi connectivity index (χ3v) is 5.59. The van der Waals surface area contributed by atoms with Gasteiger partial charge in [-0.25, -0.2) is 0 Å². The van der Waals surface area contributed by atoms with E-state index < -0.39 is 0 Å². The van der Waals surface area contributed by atoms with E-state index in [0.717, 1.165) is 24.6 Å². The van der Waals surface area contributed by atoms with Gasteiger partial charge < -0.3 is 4.74 Å². The van der Waals surface area contributed by atoms with Crippen LogP contribution in [-0.2, 0) is 4.74 Å². The van der Waals surface area contributed by atoms with Gasteiger partial charge in [0.1, 0.15) is 0 Å². The lowest BCUT2D eigenvalue weighted by Crippen LogP contribution is -2.57. The highest BCUT2D eigenvalue weighted by Crippen LogP contribution is 2.30. The largest absolute Gasteiger partial charge is 0.378 e. The predicted molar refractivity (Wildman–Crippen MR) is 78.4 cm³/mol. The summed E-state index contributed by atoms with van der Waals surface area (Å²) >= 11 is 0. The second-order valence-corrected chi connectivity index (χ2v) is 6.67. The van der Waals surface area contributed by atoms with Crippen molar-refractivity contribution < 1.29 is 4.74 Å². The fourth-order valence-electron chi connectivity index (χ4n) is 4.41. The third-order valence-electron chi connectivity index (χ3n) is 5.59. The molecule has 3 saturated heterocycles. The molecule has 0 bridgehead atoms. The summed E-state index contributed by atoms with van der Waals surface area (Å²) in [5.74, 6) is 0.784. The molecule has 0 aliphatic carbocycles. The second kappa shape index (κ2) is 6.11. The average molecular weight is 266 g/mol. The molecule has 110 valence electrons. The van der Waals surface area contributed by atoms with Crippen LogP contribution in [-0.4, -0.2) is 60.8 Å². The zero-order chi connectivity index (χ0) is 13.2. The van der Waals surface area contributed by atoms with Crippen LogP contribution in [0.5, 0.6) is 0 Å². The first-order valence-corrected chi connectivity index (χ1v) is 8.41. The zero-order valence-electron chi connectivity index (χ0n) is 12.7. The maximum atomic E-state index is 5.87. The molecule has 3 aliphatic heterocycles. The van der Waals surface area contributed by atoms with Crippen LogP contribution in [0.15, 0.2) is 0 Å². The van der Waals surface area contributed by atoms with Crippen molar-refractivity contribution in [2.45, 2.75) is 64.1 Å². The summed E-state index contributed by atoms with van der Waals surface area (Å²) in [6.07, 6.45) is 7.13. The van der Waals surface area contributed by atoms with Crippen LogP contribution in [0.3, 0.4) is 0 Å². The van der Waals surface area contributed by atoms with Crippen LogP contribution in [0, 0.1) is 5.92 Å². The van der Waals surface area contributed by atoms with Gasteiger partial charge in [-0.1, -0.05) is 13.8 Å². The molecular formula is C16H30N2O. The molecule has 0 radical (unpaired) electrons. The highest BCUT2D eigenvalue weighted by atomic mass is 16.5. The average Bonchev–Trinajstić information content (AvgIpc) is 3.05. The number of fused-ring (bicyclic) bond motifs is 1. The fraction of sp³-hybridized carbons (Fsp3) is 1.00. The minimum atomic E-state index is 0.527. The van der Waals surface area contributed by atoms with Crippen LogP contribution < -0.4 is 0 Å². The van der Waals surface area contributed by atoms with E-state index in [1.165, 1.54) is 58.3 Å². The molecule has 3 fully saturated rings. The Kier molecular flexibility index (Phi) is 4.45. The van der Waals surface area contributed by atoms with Crippen molar-refractivity contribution >= 4 is 0 Å². The molecule has 3 rings (SSSR count). The smallest absolute Gasteiger partial charge is 0.0613 e. The van der Waals surface area contributed by atoms with Gasteiger partial charge in [-0.2, -0.15) is 0 Å². The zero-order valence-corrected chi connectivity index (χ0v) is 12.7. The molecule has 3 aliphatic rings. The molecule has 4 atom stereocenters. The van der Waals surface area contributed by atoms with E-state index in [1.807, 2.05) is 0 Å². The Morgan fingerprint density at radius 3 is 2.79 bits per heavy atom. The summed E-state index contributed by atoms with van der Waals surface area (Å²) in [6, 6.07) is 1.64. The topological polar surface area (TPSA) is 15.7 Å². The first kappa shape index (κ1) is 13.8. The molecule has 0 saturated carbocycles. The van der Waals surface area contributed by atoms with E-state index in [4.69, 9.17) is 4.74 Å². The van der Waals surface area contributed by atoms with Gasteiger partial charge in [0.05, 0.1) is 6.10 Å². The van der Waals surface area contributed by atoms with E-state index in [-0.39, 0.29) is 0 Å². The van der Waals surface area contributed by atoms with Gasteiger partial charge in [-0.3, -0.25) is 9.80 Å². The van der Waals surface area contributed by atoms with Crippen molar-refractivity contribution in [1.29, 1.82) is 0 Å². The van der Waals surface area contributed by atoms with Crippen molar-refractivity contribution in [3.05, 3.63) is 0 Å². The molecule has 0 aromatic carbocycles. The van der Waals surface area contributed by atoms with E-state index in [2.05, 4.69) is 23.6 Å². The number of ether oxygens (including phenoxy) is 1. The summed E-state index contributed by atoms with van der Waals surface area (Å²) in [4.78, 5) is 5.54. The van der Waals surface area contributed by atoms with Crippen molar-refractivity contribution in [2.75, 3.05) is 32.8 Å². The van der Waals surface area contributed by atoms with Crippen molar-refractivity contribution in [3.8, 4) is 0 Å². The molecule has 3 heteroatoms. The van der Waals surface area contributed by atoms with E-state index >= 15 is 0 Å². The second-order valence-electron chi connectivity index (χ2n) is 6.67. The van der Waals surface area contributed by atoms with Gasteiger partial charge in [0.25, 0.3) is 0 Å². The van der Waals surface area contributed by atoms with Crippen LogP contribution >= 0.6 is 0 Å². The van der Waals surface area contributed by atoms with Crippen LogP contribution in [0.25, 0.3) is 0 Å². The Morgan fingerprint density at radius 2 is 2.00 bits per heavy atom. The molecule has 0 aromatic rings. The number of nitrogens with zero attached hydrogens (tertiary/aromatic N) is 2. The van der Waals surface area contributed by atoms with Crippen LogP contribution in [0.4, 0.5) is 0 Å². The number of piperazine rings is 1. The molecule has 4 unspecified atom stereocenters. The number of rotatable bonds is 4. The van der Waals surface area contributed by atoms with Gasteiger partial charge in [0.2, 0.25) is 0 Å². The summed E-state index contributed by atoms with van der Waals surface area (Å²) in [5, 5.41) is 0. The SMILES string of the molecule is CCC1OCCC1CN1CC2CCCN2CC1CC. The maximum Gasteiger partial charge on any atom is 0.0613 e. The number of hydrogen-bond donors (Lipinski definition) is 0. The molecule has 3 nitrogen and oxygen atoms in total. The lowest BCUT2D eigenvalue weighted by molar-refractivity contribution is 0.0211.